The average Bonchev–Trinajstić information content (AvgIpc) is 2.78. The van der Waals surface area contributed by atoms with Crippen molar-refractivity contribution in [2.45, 2.75) is 25.7 Å². The predicted octanol–water partition coefficient (Wildman–Crippen LogP) is -4.42. The molecule has 1 aromatic carbocycles. The summed E-state index contributed by atoms with van der Waals surface area (Å²) in [6.07, 6.45) is 3.86. The summed E-state index contributed by atoms with van der Waals surface area (Å²) in [4.78, 5) is 13.1. The van der Waals surface area contributed by atoms with E-state index >= 15 is 0 Å². The van der Waals surface area contributed by atoms with Gasteiger partial charge in [0.25, 0.3) is 0 Å². The third kappa shape index (κ3) is 7.25. The van der Waals surface area contributed by atoms with E-state index in [9.17, 15) is 0 Å². The van der Waals surface area contributed by atoms with E-state index in [0.29, 0.717) is 0 Å². The molecule has 0 amide bonds. The van der Waals surface area contributed by atoms with Gasteiger partial charge in [0.05, 0.1) is 5.69 Å². The Kier molecular flexibility index (Phi) is 12.8. The van der Waals surface area contributed by atoms with Gasteiger partial charge in [-0.25, -0.2) is 0 Å². The van der Waals surface area contributed by atoms with Gasteiger partial charge < -0.3 is 20.3 Å². The van der Waals surface area contributed by atoms with Crippen LogP contribution in [0.25, 0.3) is 5.57 Å². The zero-order valence-electron chi connectivity index (χ0n) is 16.3. The number of aryl methyl sites for hydroxylation is 2. The Hall–Kier alpha value is 0.903. The summed E-state index contributed by atoms with van der Waals surface area (Å²) in [5.74, 6) is 0. The number of rotatable bonds is 0. The van der Waals surface area contributed by atoms with Crippen molar-refractivity contribution >= 4 is 23.3 Å². The molecule has 0 unspecified atom stereocenters. The van der Waals surface area contributed by atoms with Crippen molar-refractivity contribution in [3.63, 3.8) is 0 Å². The smallest absolute Gasteiger partial charge is 0.652 e. The number of halogens is 1. The molecule has 1 aliphatic heterocycles. The van der Waals surface area contributed by atoms with Crippen molar-refractivity contribution in [3.8, 4) is 0 Å². The van der Waals surface area contributed by atoms with E-state index in [0.717, 1.165) is 43.8 Å². The van der Waals surface area contributed by atoms with Gasteiger partial charge in [-0.1, -0.05) is 29.3 Å². The number of aromatic nitrogens is 1. The average molecular weight is 449 g/mol. The summed E-state index contributed by atoms with van der Waals surface area (Å²) in [6.45, 7) is 2.12. The molecule has 1 N–H and O–H groups in total. The van der Waals surface area contributed by atoms with Crippen LogP contribution in [-0.2, 0) is 12.8 Å². The number of hydrogen-bond donors (Lipinski definition) is 1. The first kappa shape index (κ1) is 26.9. The number of hydrogen-bond acceptors (Lipinski definition) is 5. The molecule has 2 heterocycles. The van der Waals surface area contributed by atoms with E-state index in [1.165, 1.54) is 33.5 Å². The number of benzene rings is 1. The zero-order chi connectivity index (χ0) is 18.5. The normalized spacial score (nSPS) is 14.8. The molecule has 1 saturated heterocycles. The van der Waals surface area contributed by atoms with Gasteiger partial charge in [-0.3, -0.25) is 4.98 Å². The molecule has 0 spiro atoms. The number of nitrogens with one attached hydrogen (secondary N) is 1. The van der Waals surface area contributed by atoms with Crippen LogP contribution in [-0.4, -0.2) is 24.2 Å². The Bertz CT molecular complexity index is 847. The summed E-state index contributed by atoms with van der Waals surface area (Å²) in [6, 6.07) is 10.6. The number of carboxylic acid groups (broad SMARTS) is 2. The number of carbonyl (C=O) groups excluding carboxylic acids is 1. The van der Waals surface area contributed by atoms with E-state index in [2.05, 4.69) is 23.5 Å². The minimum absolute atomic E-state index is 0. The van der Waals surface area contributed by atoms with Gasteiger partial charge in [-0.05, 0) is 79.8 Å². The largest absolute Gasteiger partial charge is 1.00 e. The second-order valence-corrected chi connectivity index (χ2v) is 6.73. The van der Waals surface area contributed by atoms with Crippen LogP contribution in [0.5, 0.6) is 0 Å². The summed E-state index contributed by atoms with van der Waals surface area (Å²) in [7, 11) is 0. The first-order valence-electron chi connectivity index (χ1n) is 8.60. The van der Waals surface area contributed by atoms with Crippen LogP contribution >= 0.6 is 11.6 Å². The van der Waals surface area contributed by atoms with Crippen molar-refractivity contribution in [1.29, 1.82) is 0 Å². The Morgan fingerprint density at radius 1 is 1.00 bits per heavy atom. The van der Waals surface area contributed by atoms with Gasteiger partial charge in [0.15, 0.2) is 0 Å². The SMILES string of the molecule is Clc1ccc2c(c1)CCc1cccnc1C2=C1CCNCC1.O=C([O-])[O-].[K+].[K+]. The molecule has 2 aliphatic rings. The van der Waals surface area contributed by atoms with E-state index in [4.69, 9.17) is 31.6 Å². The summed E-state index contributed by atoms with van der Waals surface area (Å²) < 4.78 is 0. The maximum Gasteiger partial charge on any atom is 1.00 e. The van der Waals surface area contributed by atoms with E-state index in [1.807, 2.05) is 18.3 Å². The third-order valence-corrected chi connectivity index (χ3v) is 4.92. The maximum absolute atomic E-state index is 8.33. The third-order valence-electron chi connectivity index (χ3n) is 4.69. The molecule has 1 aromatic heterocycles. The molecule has 0 bridgehead atoms. The van der Waals surface area contributed by atoms with Crippen molar-refractivity contribution in [2.75, 3.05) is 13.1 Å². The zero-order valence-corrected chi connectivity index (χ0v) is 23.3. The number of nitrogens with zero attached hydrogens (tertiary/aromatic N) is 1. The molecule has 2 aromatic rings. The van der Waals surface area contributed by atoms with Crippen LogP contribution in [0.1, 0.15) is 35.2 Å². The fourth-order valence-corrected chi connectivity index (χ4v) is 3.81. The Labute approximate surface area is 255 Å². The minimum Gasteiger partial charge on any atom is -0.652 e. The van der Waals surface area contributed by atoms with Crippen LogP contribution in [0.3, 0.4) is 0 Å². The molecule has 0 saturated carbocycles. The van der Waals surface area contributed by atoms with Crippen LogP contribution in [0, 0.1) is 0 Å². The van der Waals surface area contributed by atoms with Gasteiger partial charge in [-0.15, -0.1) is 0 Å². The second kappa shape index (κ2) is 13.3. The van der Waals surface area contributed by atoms with E-state index in [-0.39, 0.29) is 103 Å². The van der Waals surface area contributed by atoms with Gasteiger partial charge in [0.2, 0.25) is 0 Å². The fourth-order valence-electron chi connectivity index (χ4n) is 3.61. The molecule has 1 fully saturated rings. The van der Waals surface area contributed by atoms with Crippen LogP contribution in [0.2, 0.25) is 5.02 Å². The van der Waals surface area contributed by atoms with Crippen molar-refractivity contribution in [3.05, 3.63) is 69.5 Å². The Balaban J connectivity index is 0.000000601. The number of piperidine rings is 1. The molecule has 0 atom stereocenters. The van der Waals surface area contributed by atoms with E-state index < -0.39 is 6.16 Å². The van der Waals surface area contributed by atoms with Gasteiger partial charge >= 0.3 is 103 Å². The van der Waals surface area contributed by atoms with Crippen LogP contribution in [0.4, 0.5) is 4.79 Å². The number of carbonyl (C=O) groups is 1. The number of pyridine rings is 1. The van der Waals surface area contributed by atoms with Crippen LogP contribution < -0.4 is 118 Å². The van der Waals surface area contributed by atoms with Gasteiger partial charge in [0, 0.05) is 16.8 Å². The van der Waals surface area contributed by atoms with Crippen LogP contribution in [0.15, 0.2) is 42.1 Å². The van der Waals surface area contributed by atoms with Crippen molar-refractivity contribution in [2.24, 2.45) is 0 Å². The molecule has 8 heteroatoms. The summed E-state index contributed by atoms with van der Waals surface area (Å²) in [5.41, 5.74) is 8.12. The summed E-state index contributed by atoms with van der Waals surface area (Å²) in [5, 5.41) is 20.9. The van der Waals surface area contributed by atoms with E-state index in [1.54, 1.807) is 0 Å². The quantitative estimate of drug-likeness (QED) is 0.411. The first-order chi connectivity index (χ1) is 12.6. The second-order valence-electron chi connectivity index (χ2n) is 6.29. The molecule has 5 nitrogen and oxygen atoms in total. The molecule has 136 valence electrons. The molecule has 4 rings (SSSR count). The minimum atomic E-state index is -2.33. The molecule has 28 heavy (non-hydrogen) atoms. The predicted molar refractivity (Wildman–Crippen MR) is 96.6 cm³/mol. The van der Waals surface area contributed by atoms with Gasteiger partial charge in [0.1, 0.15) is 0 Å². The maximum atomic E-state index is 8.33. The van der Waals surface area contributed by atoms with Crippen molar-refractivity contribution < 1.29 is 118 Å². The Morgan fingerprint density at radius 2 is 1.64 bits per heavy atom. The standard InChI is InChI=1S/C19H19ClN2.CH2O3.2K/c20-16-5-6-17-15(12-16)4-3-14-2-1-9-22-19(14)18(17)13-7-10-21-11-8-13;2-1(3)4;;/h1-2,5-6,9,12,21H,3-4,7-8,10-11H2;(H2,2,3,4);;/q;;2*+1/p-2. The van der Waals surface area contributed by atoms with Gasteiger partial charge in [-0.2, -0.15) is 0 Å². The monoisotopic (exact) mass is 448 g/mol. The molecule has 0 radical (unpaired) electrons. The summed E-state index contributed by atoms with van der Waals surface area (Å²) >= 11 is 6.23. The molecular weight excluding hydrogens is 430 g/mol. The molecule has 1 aliphatic carbocycles. The first-order valence-corrected chi connectivity index (χ1v) is 8.98. The number of fused-ring (bicyclic) bond motifs is 2. The Morgan fingerprint density at radius 3 is 2.32 bits per heavy atom. The topological polar surface area (TPSA) is 88.1 Å². The van der Waals surface area contributed by atoms with Crippen molar-refractivity contribution in [1.82, 2.24) is 10.3 Å². The molecular formula is C20H19ClK2N2O3. The fraction of sp³-hybridized carbons (Fsp3) is 0.300.